The number of carbonyl (C=O) groups is 1. The molecule has 1 saturated heterocycles. The van der Waals surface area contributed by atoms with Crippen LogP contribution in [0.15, 0.2) is 18.5 Å². The van der Waals surface area contributed by atoms with Crippen molar-refractivity contribution in [3.8, 4) is 5.75 Å². The van der Waals surface area contributed by atoms with Crippen LogP contribution in [-0.2, 0) is 6.42 Å². The standard InChI is InChI=1S/C12H14N2O3/c1-8-4-12(7-14(8)11(15)16)5-9-2-3-13-6-10(9)17-12/h2-3,6,8H,4-5,7H2,1H3,(H,15,16)/t8-,12-/m0/s1. The van der Waals surface area contributed by atoms with Crippen molar-refractivity contribution in [1.29, 1.82) is 0 Å². The number of carboxylic acid groups (broad SMARTS) is 1. The Hall–Kier alpha value is -1.78. The predicted octanol–water partition coefficient (Wildman–Crippen LogP) is 1.53. The smallest absolute Gasteiger partial charge is 0.407 e. The highest BCUT2D eigenvalue weighted by Gasteiger charge is 2.49. The molecule has 2 aliphatic heterocycles. The number of ether oxygens (including phenoxy) is 1. The number of hydrogen-bond acceptors (Lipinski definition) is 3. The number of hydrogen-bond donors (Lipinski definition) is 1. The lowest BCUT2D eigenvalue weighted by Crippen LogP contribution is -2.39. The average Bonchev–Trinajstić information content (AvgIpc) is 2.78. The maximum Gasteiger partial charge on any atom is 0.407 e. The highest BCUT2D eigenvalue weighted by molar-refractivity contribution is 5.66. The summed E-state index contributed by atoms with van der Waals surface area (Å²) in [5.74, 6) is 0.798. The van der Waals surface area contributed by atoms with E-state index in [0.717, 1.165) is 24.2 Å². The van der Waals surface area contributed by atoms with Crippen LogP contribution in [0.25, 0.3) is 0 Å². The third kappa shape index (κ3) is 1.53. The maximum absolute atomic E-state index is 11.1. The van der Waals surface area contributed by atoms with Crippen LogP contribution in [0.2, 0.25) is 0 Å². The first-order valence-electron chi connectivity index (χ1n) is 5.71. The molecule has 90 valence electrons. The first-order chi connectivity index (χ1) is 8.10. The second-order valence-corrected chi connectivity index (χ2v) is 4.91. The van der Waals surface area contributed by atoms with Crippen LogP contribution in [0.4, 0.5) is 4.79 Å². The summed E-state index contributed by atoms with van der Waals surface area (Å²) >= 11 is 0. The van der Waals surface area contributed by atoms with Gasteiger partial charge in [-0.1, -0.05) is 0 Å². The zero-order valence-corrected chi connectivity index (χ0v) is 9.59. The van der Waals surface area contributed by atoms with E-state index in [1.54, 1.807) is 12.4 Å². The lowest BCUT2D eigenvalue weighted by atomic mass is 9.95. The largest absolute Gasteiger partial charge is 0.483 e. The highest BCUT2D eigenvalue weighted by Crippen LogP contribution is 2.41. The van der Waals surface area contributed by atoms with Crippen LogP contribution in [-0.4, -0.2) is 39.3 Å². The van der Waals surface area contributed by atoms with Crippen molar-refractivity contribution in [2.45, 2.75) is 31.4 Å². The molecule has 2 atom stereocenters. The fourth-order valence-electron chi connectivity index (χ4n) is 2.90. The van der Waals surface area contributed by atoms with Crippen molar-refractivity contribution < 1.29 is 14.6 Å². The van der Waals surface area contributed by atoms with Crippen molar-refractivity contribution in [2.75, 3.05) is 6.54 Å². The molecule has 1 spiro atoms. The Morgan fingerprint density at radius 2 is 2.53 bits per heavy atom. The lowest BCUT2D eigenvalue weighted by molar-refractivity contribution is 0.0960. The van der Waals surface area contributed by atoms with Gasteiger partial charge in [0.2, 0.25) is 0 Å². The van der Waals surface area contributed by atoms with E-state index in [0.29, 0.717) is 6.54 Å². The quantitative estimate of drug-likeness (QED) is 0.739. The summed E-state index contributed by atoms with van der Waals surface area (Å²) in [6.45, 7) is 2.37. The number of aromatic nitrogens is 1. The second kappa shape index (κ2) is 3.35. The molecule has 0 radical (unpaired) electrons. The Balaban J connectivity index is 1.86. The molecule has 3 heterocycles. The van der Waals surface area contributed by atoms with E-state index in [2.05, 4.69) is 4.98 Å². The van der Waals surface area contributed by atoms with Crippen LogP contribution in [0.3, 0.4) is 0 Å². The fraction of sp³-hybridized carbons (Fsp3) is 0.500. The van der Waals surface area contributed by atoms with Crippen molar-refractivity contribution in [3.05, 3.63) is 24.0 Å². The summed E-state index contributed by atoms with van der Waals surface area (Å²) < 4.78 is 5.94. The molecular formula is C12H14N2O3. The Morgan fingerprint density at radius 3 is 3.18 bits per heavy atom. The normalized spacial score (nSPS) is 30.4. The predicted molar refractivity (Wildman–Crippen MR) is 60.1 cm³/mol. The van der Waals surface area contributed by atoms with Crippen molar-refractivity contribution in [3.63, 3.8) is 0 Å². The molecule has 0 saturated carbocycles. The SMILES string of the molecule is C[C@H]1C[C@]2(Cc3ccncc3O2)CN1C(=O)O. The lowest BCUT2D eigenvalue weighted by Gasteiger charge is -2.22. The molecule has 2 aliphatic rings. The van der Waals surface area contributed by atoms with Crippen LogP contribution in [0.1, 0.15) is 18.9 Å². The van der Waals surface area contributed by atoms with Crippen LogP contribution in [0, 0.1) is 0 Å². The van der Waals surface area contributed by atoms with Crippen molar-refractivity contribution >= 4 is 6.09 Å². The number of fused-ring (bicyclic) bond motifs is 1. The molecule has 1 N–H and O–H groups in total. The number of pyridine rings is 1. The molecule has 3 rings (SSSR count). The number of nitrogens with zero attached hydrogens (tertiary/aromatic N) is 2. The molecule has 0 aliphatic carbocycles. The van der Waals surface area contributed by atoms with Gasteiger partial charge < -0.3 is 14.7 Å². The van der Waals surface area contributed by atoms with Crippen molar-refractivity contribution in [1.82, 2.24) is 9.88 Å². The fourth-order valence-corrected chi connectivity index (χ4v) is 2.90. The van der Waals surface area contributed by atoms with Gasteiger partial charge in [-0.3, -0.25) is 4.98 Å². The Bertz CT molecular complexity index is 450. The minimum Gasteiger partial charge on any atom is -0.483 e. The van der Waals surface area contributed by atoms with Gasteiger partial charge in [0.1, 0.15) is 11.4 Å². The topological polar surface area (TPSA) is 62.7 Å². The highest BCUT2D eigenvalue weighted by atomic mass is 16.5. The van der Waals surface area contributed by atoms with E-state index >= 15 is 0 Å². The van der Waals surface area contributed by atoms with Gasteiger partial charge in [0.05, 0.1) is 12.7 Å². The molecule has 5 nitrogen and oxygen atoms in total. The van der Waals surface area contributed by atoms with Gasteiger partial charge in [-0.05, 0) is 13.0 Å². The second-order valence-electron chi connectivity index (χ2n) is 4.91. The van der Waals surface area contributed by atoms with Gasteiger partial charge in [0, 0.05) is 30.6 Å². The van der Waals surface area contributed by atoms with Crippen LogP contribution >= 0.6 is 0 Å². The van der Waals surface area contributed by atoms with Gasteiger partial charge in [-0.15, -0.1) is 0 Å². The summed E-state index contributed by atoms with van der Waals surface area (Å²) in [5, 5.41) is 9.10. The van der Waals surface area contributed by atoms with Crippen molar-refractivity contribution in [2.24, 2.45) is 0 Å². The summed E-state index contributed by atoms with van der Waals surface area (Å²) in [7, 11) is 0. The van der Waals surface area contributed by atoms with E-state index in [-0.39, 0.29) is 11.6 Å². The first kappa shape index (κ1) is 10.4. The molecule has 1 fully saturated rings. The van der Waals surface area contributed by atoms with Crippen LogP contribution < -0.4 is 4.74 Å². The molecule has 1 amide bonds. The molecule has 1 aromatic heterocycles. The summed E-state index contributed by atoms with van der Waals surface area (Å²) in [6, 6.07) is 1.95. The third-order valence-electron chi connectivity index (χ3n) is 3.61. The zero-order chi connectivity index (χ0) is 12.0. The number of rotatable bonds is 0. The molecule has 5 heteroatoms. The third-order valence-corrected chi connectivity index (χ3v) is 3.61. The zero-order valence-electron chi connectivity index (χ0n) is 9.59. The van der Waals surface area contributed by atoms with Crippen LogP contribution in [0.5, 0.6) is 5.75 Å². The van der Waals surface area contributed by atoms with Gasteiger partial charge in [-0.25, -0.2) is 4.79 Å². The Kier molecular flexibility index (Phi) is 2.05. The Labute approximate surface area is 99.0 Å². The summed E-state index contributed by atoms with van der Waals surface area (Å²) in [5.41, 5.74) is 0.753. The Morgan fingerprint density at radius 1 is 1.71 bits per heavy atom. The maximum atomic E-state index is 11.1. The molecule has 17 heavy (non-hydrogen) atoms. The monoisotopic (exact) mass is 234 g/mol. The number of likely N-dealkylation sites (tertiary alicyclic amines) is 1. The molecule has 0 unspecified atom stereocenters. The minimum absolute atomic E-state index is 0.00905. The van der Waals surface area contributed by atoms with E-state index in [4.69, 9.17) is 9.84 Å². The summed E-state index contributed by atoms with van der Waals surface area (Å²) in [6.07, 6.45) is 4.10. The van der Waals surface area contributed by atoms with Gasteiger partial charge in [0.15, 0.2) is 0 Å². The molecule has 0 bridgehead atoms. The molecule has 1 aromatic rings. The molecule has 0 aromatic carbocycles. The van der Waals surface area contributed by atoms with Gasteiger partial charge in [-0.2, -0.15) is 0 Å². The number of amides is 1. The van der Waals surface area contributed by atoms with Gasteiger partial charge >= 0.3 is 6.09 Å². The first-order valence-corrected chi connectivity index (χ1v) is 5.71. The molecular weight excluding hydrogens is 220 g/mol. The average molecular weight is 234 g/mol. The van der Waals surface area contributed by atoms with E-state index < -0.39 is 6.09 Å². The van der Waals surface area contributed by atoms with E-state index in [1.165, 1.54) is 4.90 Å². The minimum atomic E-state index is -0.868. The van der Waals surface area contributed by atoms with Gasteiger partial charge in [0.25, 0.3) is 0 Å². The van der Waals surface area contributed by atoms with E-state index in [1.807, 2.05) is 13.0 Å². The van der Waals surface area contributed by atoms with E-state index in [9.17, 15) is 4.79 Å². The summed E-state index contributed by atoms with van der Waals surface area (Å²) in [4.78, 5) is 16.6.